The van der Waals surface area contributed by atoms with Gasteiger partial charge in [0, 0.05) is 11.8 Å². The van der Waals surface area contributed by atoms with Crippen LogP contribution in [-0.2, 0) is 0 Å². The number of nitrogens with zero attached hydrogens (tertiary/aromatic N) is 1. The molecule has 2 aromatic rings. The summed E-state index contributed by atoms with van der Waals surface area (Å²) in [4.78, 5) is 4.06. The fourth-order valence-corrected chi connectivity index (χ4v) is 1.82. The van der Waals surface area contributed by atoms with E-state index in [-0.39, 0.29) is 5.82 Å². The molecule has 18 heavy (non-hydrogen) atoms. The highest BCUT2D eigenvalue weighted by Crippen LogP contribution is 2.29. The lowest BCUT2D eigenvalue weighted by atomic mass is 10.2. The van der Waals surface area contributed by atoms with Crippen LogP contribution < -0.4 is 4.74 Å². The Labute approximate surface area is 112 Å². The second-order valence-electron chi connectivity index (χ2n) is 3.75. The third kappa shape index (κ3) is 2.86. The molecular formula is C13H11BrFNO2. The standard InChI is InChI=1S/C13H11BrFNO2/c1-8(17)10-3-2-6-16-13(10)18-9-4-5-12(15)11(14)7-9/h2-8,17H,1H3/t8-/m1/s1. The van der Waals surface area contributed by atoms with Crippen molar-refractivity contribution in [3.63, 3.8) is 0 Å². The molecule has 1 aromatic heterocycles. The summed E-state index contributed by atoms with van der Waals surface area (Å²) in [6.45, 7) is 1.63. The predicted molar refractivity (Wildman–Crippen MR) is 69.0 cm³/mol. The molecule has 0 aliphatic heterocycles. The van der Waals surface area contributed by atoms with Crippen LogP contribution in [-0.4, -0.2) is 10.1 Å². The average molecular weight is 312 g/mol. The summed E-state index contributed by atoms with van der Waals surface area (Å²) in [5.74, 6) is 0.397. The molecule has 0 aliphatic carbocycles. The maximum absolute atomic E-state index is 13.1. The molecule has 0 bridgehead atoms. The Hall–Kier alpha value is -1.46. The van der Waals surface area contributed by atoms with E-state index in [0.29, 0.717) is 21.7 Å². The Morgan fingerprint density at radius 2 is 2.17 bits per heavy atom. The molecule has 0 spiro atoms. The maximum Gasteiger partial charge on any atom is 0.225 e. The summed E-state index contributed by atoms with van der Waals surface area (Å²) in [5.41, 5.74) is 0.581. The molecule has 0 fully saturated rings. The second kappa shape index (κ2) is 5.46. The van der Waals surface area contributed by atoms with Gasteiger partial charge >= 0.3 is 0 Å². The zero-order valence-electron chi connectivity index (χ0n) is 9.60. The predicted octanol–water partition coefficient (Wildman–Crippen LogP) is 3.83. The number of aromatic nitrogens is 1. The lowest BCUT2D eigenvalue weighted by molar-refractivity contribution is 0.194. The van der Waals surface area contributed by atoms with Crippen molar-refractivity contribution in [2.75, 3.05) is 0 Å². The maximum atomic E-state index is 13.1. The summed E-state index contributed by atoms with van der Waals surface area (Å²) < 4.78 is 18.9. The summed E-state index contributed by atoms with van der Waals surface area (Å²) in [6, 6.07) is 7.75. The van der Waals surface area contributed by atoms with E-state index in [0.717, 1.165) is 0 Å². The van der Waals surface area contributed by atoms with Crippen molar-refractivity contribution in [1.82, 2.24) is 4.98 Å². The number of pyridine rings is 1. The van der Waals surface area contributed by atoms with Gasteiger partial charge in [0.05, 0.1) is 10.6 Å². The first kappa shape index (κ1) is 13.0. The van der Waals surface area contributed by atoms with Gasteiger partial charge in [0.15, 0.2) is 0 Å². The van der Waals surface area contributed by atoms with E-state index in [9.17, 15) is 9.50 Å². The zero-order valence-corrected chi connectivity index (χ0v) is 11.2. The van der Waals surface area contributed by atoms with Crippen molar-refractivity contribution in [3.8, 4) is 11.6 Å². The van der Waals surface area contributed by atoms with Crippen LogP contribution in [0.4, 0.5) is 4.39 Å². The Balaban J connectivity index is 2.31. The first-order chi connectivity index (χ1) is 8.58. The highest BCUT2D eigenvalue weighted by molar-refractivity contribution is 9.10. The smallest absolute Gasteiger partial charge is 0.225 e. The Kier molecular flexibility index (Phi) is 3.93. The summed E-state index contributed by atoms with van der Waals surface area (Å²) >= 11 is 3.08. The first-order valence-corrected chi connectivity index (χ1v) is 6.13. The average Bonchev–Trinajstić information content (AvgIpc) is 2.34. The van der Waals surface area contributed by atoms with Crippen LogP contribution in [0, 0.1) is 5.82 Å². The van der Waals surface area contributed by atoms with Gasteiger partial charge in [0.2, 0.25) is 5.88 Å². The SMILES string of the molecule is C[C@@H](O)c1cccnc1Oc1ccc(F)c(Br)c1. The molecule has 3 nitrogen and oxygen atoms in total. The minimum atomic E-state index is -0.683. The second-order valence-corrected chi connectivity index (χ2v) is 4.61. The fraction of sp³-hybridized carbons (Fsp3) is 0.154. The normalized spacial score (nSPS) is 12.2. The highest BCUT2D eigenvalue weighted by Gasteiger charge is 2.11. The van der Waals surface area contributed by atoms with Crippen molar-refractivity contribution in [2.45, 2.75) is 13.0 Å². The Morgan fingerprint density at radius 3 is 2.83 bits per heavy atom. The van der Waals surface area contributed by atoms with Crippen LogP contribution in [0.3, 0.4) is 0 Å². The number of aliphatic hydroxyl groups is 1. The van der Waals surface area contributed by atoms with Crippen molar-refractivity contribution in [1.29, 1.82) is 0 Å². The number of halogens is 2. The molecule has 1 aromatic carbocycles. The quantitative estimate of drug-likeness (QED) is 0.936. The van der Waals surface area contributed by atoms with E-state index in [1.54, 1.807) is 25.3 Å². The topological polar surface area (TPSA) is 42.4 Å². The molecule has 0 amide bonds. The Bertz CT molecular complexity index is 560. The van der Waals surface area contributed by atoms with E-state index in [4.69, 9.17) is 4.74 Å². The van der Waals surface area contributed by atoms with E-state index in [1.165, 1.54) is 18.2 Å². The van der Waals surface area contributed by atoms with Crippen LogP contribution >= 0.6 is 15.9 Å². The van der Waals surface area contributed by atoms with Crippen LogP contribution in [0.1, 0.15) is 18.6 Å². The van der Waals surface area contributed by atoms with Crippen molar-refractivity contribution >= 4 is 15.9 Å². The monoisotopic (exact) mass is 311 g/mol. The van der Waals surface area contributed by atoms with Gasteiger partial charge in [-0.05, 0) is 53.2 Å². The molecule has 0 saturated heterocycles. The number of benzene rings is 1. The summed E-state index contributed by atoms with van der Waals surface area (Å²) in [6.07, 6.45) is 0.886. The molecule has 0 saturated carbocycles. The molecule has 1 heterocycles. The van der Waals surface area contributed by atoms with Crippen molar-refractivity contribution in [2.24, 2.45) is 0 Å². The van der Waals surface area contributed by atoms with Gasteiger partial charge in [-0.25, -0.2) is 9.37 Å². The van der Waals surface area contributed by atoms with Gasteiger partial charge in [0.25, 0.3) is 0 Å². The number of rotatable bonds is 3. The lowest BCUT2D eigenvalue weighted by Gasteiger charge is -2.11. The fourth-order valence-electron chi connectivity index (χ4n) is 1.46. The summed E-state index contributed by atoms with van der Waals surface area (Å²) in [7, 11) is 0. The van der Waals surface area contributed by atoms with Crippen molar-refractivity contribution < 1.29 is 14.2 Å². The molecule has 0 radical (unpaired) electrons. The van der Waals surface area contributed by atoms with Gasteiger partial charge in [-0.2, -0.15) is 0 Å². The molecule has 0 unspecified atom stereocenters. The van der Waals surface area contributed by atoms with Crippen LogP contribution in [0.15, 0.2) is 41.0 Å². The van der Waals surface area contributed by atoms with Crippen molar-refractivity contribution in [3.05, 3.63) is 52.4 Å². The molecular weight excluding hydrogens is 301 g/mol. The van der Waals surface area contributed by atoms with Gasteiger partial charge in [-0.3, -0.25) is 0 Å². The van der Waals surface area contributed by atoms with E-state index >= 15 is 0 Å². The number of hydrogen-bond acceptors (Lipinski definition) is 3. The minimum absolute atomic E-state index is 0.311. The number of aliphatic hydroxyl groups excluding tert-OH is 1. The number of ether oxygens (including phenoxy) is 1. The van der Waals surface area contributed by atoms with E-state index in [2.05, 4.69) is 20.9 Å². The van der Waals surface area contributed by atoms with Crippen LogP contribution in [0.25, 0.3) is 0 Å². The first-order valence-electron chi connectivity index (χ1n) is 5.34. The highest BCUT2D eigenvalue weighted by atomic mass is 79.9. The van der Waals surface area contributed by atoms with Crippen LogP contribution in [0.2, 0.25) is 0 Å². The van der Waals surface area contributed by atoms with Crippen LogP contribution in [0.5, 0.6) is 11.6 Å². The third-order valence-electron chi connectivity index (χ3n) is 2.36. The molecule has 1 atom stereocenters. The van der Waals surface area contributed by atoms with Gasteiger partial charge in [-0.1, -0.05) is 0 Å². The molecule has 5 heteroatoms. The third-order valence-corrected chi connectivity index (χ3v) is 2.96. The largest absolute Gasteiger partial charge is 0.439 e. The molecule has 94 valence electrons. The molecule has 2 rings (SSSR count). The van der Waals surface area contributed by atoms with E-state index < -0.39 is 6.10 Å². The van der Waals surface area contributed by atoms with Gasteiger partial charge < -0.3 is 9.84 Å². The van der Waals surface area contributed by atoms with Gasteiger partial charge in [-0.15, -0.1) is 0 Å². The van der Waals surface area contributed by atoms with E-state index in [1.807, 2.05) is 0 Å². The lowest BCUT2D eigenvalue weighted by Crippen LogP contribution is -1.98. The summed E-state index contributed by atoms with van der Waals surface area (Å²) in [5, 5.41) is 9.59. The molecule has 0 aliphatic rings. The van der Waals surface area contributed by atoms with Gasteiger partial charge in [0.1, 0.15) is 11.6 Å². The minimum Gasteiger partial charge on any atom is -0.439 e. The Morgan fingerprint density at radius 1 is 1.39 bits per heavy atom. The zero-order chi connectivity index (χ0) is 13.1. The molecule has 1 N–H and O–H groups in total. The number of hydrogen-bond donors (Lipinski definition) is 1.